The first-order valence-corrected chi connectivity index (χ1v) is 4.11. The Bertz CT molecular complexity index is 395. The van der Waals surface area contributed by atoms with Gasteiger partial charge in [0.15, 0.2) is 0 Å². The van der Waals surface area contributed by atoms with Gasteiger partial charge in [-0.05, 0) is 13.8 Å². The molecule has 0 spiro atoms. The van der Waals surface area contributed by atoms with Gasteiger partial charge in [0.05, 0.1) is 13.1 Å². The van der Waals surface area contributed by atoms with E-state index >= 15 is 0 Å². The Morgan fingerprint density at radius 1 is 1.33 bits per heavy atom. The van der Waals surface area contributed by atoms with Gasteiger partial charge in [0.2, 0.25) is 0 Å². The van der Waals surface area contributed by atoms with E-state index in [1.54, 1.807) is 10.7 Å². The van der Waals surface area contributed by atoms with Gasteiger partial charge in [-0.25, -0.2) is 4.68 Å². The monoisotopic (exact) mass is 164 g/mol. The van der Waals surface area contributed by atoms with Gasteiger partial charge in [-0.3, -0.25) is 9.48 Å². The van der Waals surface area contributed by atoms with Crippen LogP contribution >= 0.6 is 0 Å². The van der Waals surface area contributed by atoms with Gasteiger partial charge in [0.25, 0.3) is 5.56 Å². The topological polar surface area (TPSA) is 26.9 Å². The molecule has 12 heavy (non-hydrogen) atoms. The fourth-order valence-electron chi connectivity index (χ4n) is 1.59. The summed E-state index contributed by atoms with van der Waals surface area (Å²) in [5.41, 5.74) is 2.42. The minimum atomic E-state index is 0.111. The summed E-state index contributed by atoms with van der Waals surface area (Å²) in [6, 6.07) is 1.69. The minimum absolute atomic E-state index is 0.111. The highest BCUT2D eigenvalue weighted by molar-refractivity contribution is 5.08. The lowest BCUT2D eigenvalue weighted by molar-refractivity contribution is 0.470. The van der Waals surface area contributed by atoms with Crippen molar-refractivity contribution in [2.45, 2.75) is 26.9 Å². The van der Waals surface area contributed by atoms with Crippen LogP contribution in [0.25, 0.3) is 0 Å². The molecule has 0 fully saturated rings. The van der Waals surface area contributed by atoms with Gasteiger partial charge >= 0.3 is 0 Å². The van der Waals surface area contributed by atoms with Crippen LogP contribution in [0, 0.1) is 6.92 Å². The first-order chi connectivity index (χ1) is 5.68. The van der Waals surface area contributed by atoms with Crippen molar-refractivity contribution in [1.82, 2.24) is 9.36 Å². The Labute approximate surface area is 70.9 Å². The van der Waals surface area contributed by atoms with Crippen LogP contribution in [-0.4, -0.2) is 9.36 Å². The molecule has 3 heteroatoms. The second-order valence-corrected chi connectivity index (χ2v) is 3.31. The molecule has 0 saturated carbocycles. The normalized spacial score (nSPS) is 15.7. The molecule has 0 aliphatic carbocycles. The van der Waals surface area contributed by atoms with Crippen molar-refractivity contribution in [3.8, 4) is 0 Å². The van der Waals surface area contributed by atoms with Gasteiger partial charge in [-0.2, -0.15) is 0 Å². The highest BCUT2D eigenvalue weighted by Crippen LogP contribution is 2.07. The van der Waals surface area contributed by atoms with Gasteiger partial charge in [0, 0.05) is 11.8 Å². The molecule has 0 saturated heterocycles. The first-order valence-electron chi connectivity index (χ1n) is 4.11. The average molecular weight is 164 g/mol. The highest BCUT2D eigenvalue weighted by Gasteiger charge is 2.10. The van der Waals surface area contributed by atoms with Crippen molar-refractivity contribution >= 4 is 0 Å². The van der Waals surface area contributed by atoms with Crippen LogP contribution in [0.3, 0.4) is 0 Å². The standard InChI is InChI=1S/C9H12N2O/c1-7-3-4-10-8(2)5-9(12)11(10)6-7/h3,5H,4,6H2,1-2H3. The number of aromatic nitrogens is 2. The summed E-state index contributed by atoms with van der Waals surface area (Å²) < 4.78 is 3.79. The van der Waals surface area contributed by atoms with E-state index in [9.17, 15) is 4.79 Å². The molecule has 3 nitrogen and oxygen atoms in total. The second-order valence-electron chi connectivity index (χ2n) is 3.31. The Hall–Kier alpha value is -1.25. The number of rotatable bonds is 0. The third-order valence-electron chi connectivity index (χ3n) is 2.30. The highest BCUT2D eigenvalue weighted by atomic mass is 16.1. The molecule has 1 aliphatic rings. The van der Waals surface area contributed by atoms with E-state index in [0.717, 1.165) is 18.8 Å². The van der Waals surface area contributed by atoms with Crippen LogP contribution in [0.5, 0.6) is 0 Å². The van der Waals surface area contributed by atoms with Crippen LogP contribution in [-0.2, 0) is 13.1 Å². The molecule has 0 unspecified atom stereocenters. The molecule has 0 atom stereocenters. The Morgan fingerprint density at radius 2 is 2.08 bits per heavy atom. The molecule has 64 valence electrons. The maximum absolute atomic E-state index is 11.3. The molecule has 0 aromatic carbocycles. The molecule has 2 heterocycles. The minimum Gasteiger partial charge on any atom is -0.283 e. The van der Waals surface area contributed by atoms with Gasteiger partial charge in [-0.15, -0.1) is 0 Å². The smallest absolute Gasteiger partial charge is 0.267 e. The summed E-state index contributed by atoms with van der Waals surface area (Å²) in [6.07, 6.45) is 2.16. The molecule has 2 rings (SSSR count). The predicted molar refractivity (Wildman–Crippen MR) is 47.2 cm³/mol. The summed E-state index contributed by atoms with van der Waals surface area (Å²) in [4.78, 5) is 11.3. The van der Waals surface area contributed by atoms with Gasteiger partial charge in [0.1, 0.15) is 0 Å². The molecule has 1 aliphatic heterocycles. The van der Waals surface area contributed by atoms with E-state index in [2.05, 4.69) is 13.0 Å². The third kappa shape index (κ3) is 0.932. The van der Waals surface area contributed by atoms with Crippen LogP contribution < -0.4 is 5.56 Å². The first kappa shape index (κ1) is 7.40. The maximum atomic E-state index is 11.3. The van der Waals surface area contributed by atoms with Crippen molar-refractivity contribution in [3.05, 3.63) is 33.8 Å². The number of aryl methyl sites for hydroxylation is 1. The van der Waals surface area contributed by atoms with Crippen LogP contribution in [0.15, 0.2) is 22.5 Å². The average Bonchev–Trinajstić information content (AvgIpc) is 2.28. The van der Waals surface area contributed by atoms with E-state index in [1.165, 1.54) is 5.57 Å². The quantitative estimate of drug-likeness (QED) is 0.524. The third-order valence-corrected chi connectivity index (χ3v) is 2.30. The number of hydrogen-bond acceptors (Lipinski definition) is 1. The van der Waals surface area contributed by atoms with Crippen LogP contribution in [0.2, 0.25) is 0 Å². The summed E-state index contributed by atoms with van der Waals surface area (Å²) in [7, 11) is 0. The fraction of sp³-hybridized carbons (Fsp3) is 0.444. The molecule has 0 radical (unpaired) electrons. The van der Waals surface area contributed by atoms with Crippen molar-refractivity contribution in [2.75, 3.05) is 0 Å². The maximum Gasteiger partial charge on any atom is 0.267 e. The molecule has 0 N–H and O–H groups in total. The lowest BCUT2D eigenvalue weighted by Gasteiger charge is -2.17. The molecule has 1 aromatic rings. The lowest BCUT2D eigenvalue weighted by Crippen LogP contribution is -2.26. The van der Waals surface area contributed by atoms with Crippen molar-refractivity contribution in [1.29, 1.82) is 0 Å². The van der Waals surface area contributed by atoms with Crippen LogP contribution in [0.4, 0.5) is 0 Å². The zero-order valence-electron chi connectivity index (χ0n) is 7.37. The van der Waals surface area contributed by atoms with Crippen molar-refractivity contribution in [3.63, 3.8) is 0 Å². The molecular weight excluding hydrogens is 152 g/mol. The summed E-state index contributed by atoms with van der Waals surface area (Å²) in [6.45, 7) is 5.59. The summed E-state index contributed by atoms with van der Waals surface area (Å²) in [5, 5.41) is 0. The number of allylic oxidation sites excluding steroid dienone is 2. The summed E-state index contributed by atoms with van der Waals surface area (Å²) >= 11 is 0. The molecule has 1 aromatic heterocycles. The SMILES string of the molecule is CC1=CCn2c(C)cc(=O)n2C1. The zero-order valence-corrected chi connectivity index (χ0v) is 7.37. The Morgan fingerprint density at radius 3 is 2.83 bits per heavy atom. The predicted octanol–water partition coefficient (Wildman–Crippen LogP) is 0.918. The Balaban J connectivity index is 2.58. The summed E-state index contributed by atoms with van der Waals surface area (Å²) in [5.74, 6) is 0. The lowest BCUT2D eigenvalue weighted by atomic mass is 10.2. The fourth-order valence-corrected chi connectivity index (χ4v) is 1.59. The zero-order chi connectivity index (χ0) is 8.72. The van der Waals surface area contributed by atoms with Crippen LogP contribution in [0.1, 0.15) is 12.6 Å². The van der Waals surface area contributed by atoms with E-state index < -0.39 is 0 Å². The van der Waals surface area contributed by atoms with Gasteiger partial charge < -0.3 is 0 Å². The number of nitrogens with zero attached hydrogens (tertiary/aromatic N) is 2. The largest absolute Gasteiger partial charge is 0.283 e. The molecule has 0 bridgehead atoms. The van der Waals surface area contributed by atoms with Crippen molar-refractivity contribution < 1.29 is 0 Å². The van der Waals surface area contributed by atoms with E-state index in [4.69, 9.17) is 0 Å². The molecule has 0 amide bonds. The Kier molecular flexibility index (Phi) is 1.46. The number of fused-ring (bicyclic) bond motifs is 1. The van der Waals surface area contributed by atoms with Crippen molar-refractivity contribution in [2.24, 2.45) is 0 Å². The second kappa shape index (κ2) is 2.37. The van der Waals surface area contributed by atoms with E-state index in [1.807, 2.05) is 11.6 Å². The van der Waals surface area contributed by atoms with E-state index in [0.29, 0.717) is 0 Å². The molecular formula is C9H12N2O. The number of hydrogen-bond donors (Lipinski definition) is 0. The van der Waals surface area contributed by atoms with E-state index in [-0.39, 0.29) is 5.56 Å². The van der Waals surface area contributed by atoms with Gasteiger partial charge in [-0.1, -0.05) is 11.6 Å².